The molecule has 1 aliphatic carbocycles. The third kappa shape index (κ3) is 9.75. The summed E-state index contributed by atoms with van der Waals surface area (Å²) in [5.41, 5.74) is 0. The van der Waals surface area contributed by atoms with E-state index in [9.17, 15) is 5.11 Å². The maximum atomic E-state index is 9.74. The van der Waals surface area contributed by atoms with Gasteiger partial charge in [-0.1, -0.05) is 57.6 Å². The predicted molar refractivity (Wildman–Crippen MR) is 92.0 cm³/mol. The van der Waals surface area contributed by atoms with Gasteiger partial charge in [0.15, 0.2) is 0 Å². The first kappa shape index (κ1) is 18.3. The maximum Gasteiger partial charge on any atom is 0.114 e. The van der Waals surface area contributed by atoms with Crippen LogP contribution in [0.3, 0.4) is 0 Å². The lowest BCUT2D eigenvalue weighted by atomic mass is 10.1. The largest absolute Gasteiger partial charge is 0.380 e. The van der Waals surface area contributed by atoms with Gasteiger partial charge in [-0.05, 0) is 50.4 Å². The van der Waals surface area contributed by atoms with Crippen LogP contribution >= 0.6 is 0 Å². The summed E-state index contributed by atoms with van der Waals surface area (Å²) in [6, 6.07) is 0. The van der Waals surface area contributed by atoms with Gasteiger partial charge in [-0.3, -0.25) is 0 Å². The van der Waals surface area contributed by atoms with Crippen molar-refractivity contribution in [3.05, 3.63) is 12.2 Å². The van der Waals surface area contributed by atoms with Crippen LogP contribution in [-0.2, 0) is 0 Å². The number of aliphatic hydroxyl groups excluding tert-OH is 1. The van der Waals surface area contributed by atoms with E-state index in [1.807, 2.05) is 0 Å². The SMILES string of the molecule is CCCC/C=C\CC[C@H]1C[C@@H]1CC#C[C@@H](O)CCCCC. The molecule has 0 aromatic carbocycles. The van der Waals surface area contributed by atoms with Gasteiger partial charge in [0.25, 0.3) is 0 Å². The number of allylic oxidation sites excluding steroid dienone is 2. The average Bonchev–Trinajstić information content (AvgIpc) is 3.21. The Morgan fingerprint density at radius 2 is 1.81 bits per heavy atom. The quantitative estimate of drug-likeness (QED) is 0.303. The summed E-state index contributed by atoms with van der Waals surface area (Å²) in [4.78, 5) is 0. The molecule has 120 valence electrons. The van der Waals surface area contributed by atoms with Gasteiger partial charge in [0, 0.05) is 6.42 Å². The smallest absolute Gasteiger partial charge is 0.114 e. The molecule has 0 unspecified atom stereocenters. The van der Waals surface area contributed by atoms with Crippen LogP contribution in [0.25, 0.3) is 0 Å². The molecule has 1 heteroatoms. The van der Waals surface area contributed by atoms with Crippen molar-refractivity contribution in [1.82, 2.24) is 0 Å². The third-order valence-corrected chi connectivity index (χ3v) is 4.38. The molecule has 0 spiro atoms. The standard InChI is InChI=1S/C20H34O/c1-3-5-7-8-9-11-13-18-17-19(18)14-12-16-20(21)15-10-6-4-2/h8-9,18-21H,3-7,10-11,13-15,17H2,1-2H3/b9-8-/t18-,19-,20-/m0/s1. The Morgan fingerprint density at radius 1 is 1.05 bits per heavy atom. The highest BCUT2D eigenvalue weighted by atomic mass is 16.3. The van der Waals surface area contributed by atoms with Crippen LogP contribution in [-0.4, -0.2) is 11.2 Å². The first-order valence-corrected chi connectivity index (χ1v) is 9.09. The predicted octanol–water partition coefficient (Wildman–Crippen LogP) is 5.48. The molecule has 0 aromatic heterocycles. The Kier molecular flexibility index (Phi) is 10.3. The lowest BCUT2D eigenvalue weighted by molar-refractivity contribution is 0.217. The van der Waals surface area contributed by atoms with E-state index in [2.05, 4.69) is 37.8 Å². The van der Waals surface area contributed by atoms with Gasteiger partial charge < -0.3 is 5.11 Å². The van der Waals surface area contributed by atoms with Crippen LogP contribution in [0.5, 0.6) is 0 Å². The minimum absolute atomic E-state index is 0.393. The molecule has 1 fully saturated rings. The van der Waals surface area contributed by atoms with E-state index in [1.165, 1.54) is 51.4 Å². The average molecular weight is 290 g/mol. The second-order valence-electron chi connectivity index (χ2n) is 6.48. The fourth-order valence-corrected chi connectivity index (χ4v) is 2.75. The molecule has 0 aliphatic heterocycles. The van der Waals surface area contributed by atoms with Crippen molar-refractivity contribution in [2.24, 2.45) is 11.8 Å². The van der Waals surface area contributed by atoms with Crippen molar-refractivity contribution >= 4 is 0 Å². The van der Waals surface area contributed by atoms with Crippen molar-refractivity contribution in [2.75, 3.05) is 0 Å². The molecular weight excluding hydrogens is 256 g/mol. The zero-order chi connectivity index (χ0) is 15.3. The summed E-state index contributed by atoms with van der Waals surface area (Å²) in [5.74, 6) is 7.93. The Balaban J connectivity index is 2.00. The normalized spacial score (nSPS) is 22.0. The van der Waals surface area contributed by atoms with Gasteiger partial charge in [0.1, 0.15) is 6.10 Å². The molecule has 21 heavy (non-hydrogen) atoms. The number of hydrogen-bond donors (Lipinski definition) is 1. The van der Waals surface area contributed by atoms with Gasteiger partial charge in [0.05, 0.1) is 0 Å². The van der Waals surface area contributed by atoms with E-state index >= 15 is 0 Å². The minimum Gasteiger partial charge on any atom is -0.380 e. The molecule has 0 radical (unpaired) electrons. The van der Waals surface area contributed by atoms with Gasteiger partial charge in [0.2, 0.25) is 0 Å². The van der Waals surface area contributed by atoms with Crippen LogP contribution in [0.2, 0.25) is 0 Å². The van der Waals surface area contributed by atoms with Gasteiger partial charge in [-0.2, -0.15) is 0 Å². The van der Waals surface area contributed by atoms with E-state index < -0.39 is 6.10 Å². The number of hydrogen-bond acceptors (Lipinski definition) is 1. The van der Waals surface area contributed by atoms with Gasteiger partial charge in [-0.25, -0.2) is 0 Å². The first-order chi connectivity index (χ1) is 10.3. The summed E-state index contributed by atoms with van der Waals surface area (Å²) >= 11 is 0. The topological polar surface area (TPSA) is 20.2 Å². The second kappa shape index (κ2) is 11.9. The Bertz CT molecular complexity index is 333. The Hall–Kier alpha value is -0.740. The molecular formula is C20H34O. The summed E-state index contributed by atoms with van der Waals surface area (Å²) in [5, 5.41) is 9.74. The molecule has 1 N–H and O–H groups in total. The number of unbranched alkanes of at least 4 members (excludes halogenated alkanes) is 4. The van der Waals surface area contributed by atoms with Crippen LogP contribution in [0.4, 0.5) is 0 Å². The molecule has 1 aliphatic rings. The van der Waals surface area contributed by atoms with Crippen molar-refractivity contribution in [3.8, 4) is 11.8 Å². The highest BCUT2D eigenvalue weighted by Crippen LogP contribution is 2.44. The molecule has 0 heterocycles. The van der Waals surface area contributed by atoms with Crippen molar-refractivity contribution in [1.29, 1.82) is 0 Å². The van der Waals surface area contributed by atoms with Gasteiger partial charge in [-0.15, -0.1) is 5.92 Å². The monoisotopic (exact) mass is 290 g/mol. The molecule has 0 amide bonds. The zero-order valence-electron chi connectivity index (χ0n) is 14.1. The molecule has 0 saturated heterocycles. The van der Waals surface area contributed by atoms with Crippen LogP contribution in [0.1, 0.15) is 84.5 Å². The number of rotatable bonds is 11. The second-order valence-corrected chi connectivity index (χ2v) is 6.48. The zero-order valence-corrected chi connectivity index (χ0v) is 14.1. The van der Waals surface area contributed by atoms with E-state index in [0.29, 0.717) is 0 Å². The summed E-state index contributed by atoms with van der Waals surface area (Å²) in [6.07, 6.45) is 17.4. The molecule has 0 bridgehead atoms. The molecule has 1 saturated carbocycles. The van der Waals surface area contributed by atoms with Crippen molar-refractivity contribution in [2.45, 2.75) is 90.6 Å². The van der Waals surface area contributed by atoms with E-state index in [4.69, 9.17) is 0 Å². The van der Waals surface area contributed by atoms with Crippen LogP contribution in [0.15, 0.2) is 12.2 Å². The van der Waals surface area contributed by atoms with Crippen molar-refractivity contribution < 1.29 is 5.11 Å². The lowest BCUT2D eigenvalue weighted by Gasteiger charge is -2.01. The van der Waals surface area contributed by atoms with Crippen LogP contribution < -0.4 is 0 Å². The highest BCUT2D eigenvalue weighted by Gasteiger charge is 2.34. The summed E-state index contributed by atoms with van der Waals surface area (Å²) in [6.45, 7) is 4.43. The van der Waals surface area contributed by atoms with Crippen LogP contribution in [0, 0.1) is 23.7 Å². The maximum absolute atomic E-state index is 9.74. The lowest BCUT2D eigenvalue weighted by Crippen LogP contribution is -2.02. The fourth-order valence-electron chi connectivity index (χ4n) is 2.75. The highest BCUT2D eigenvalue weighted by molar-refractivity contribution is 5.08. The molecule has 1 nitrogen and oxygen atoms in total. The van der Waals surface area contributed by atoms with E-state index in [1.54, 1.807) is 0 Å². The third-order valence-electron chi connectivity index (χ3n) is 4.38. The van der Waals surface area contributed by atoms with Crippen molar-refractivity contribution in [3.63, 3.8) is 0 Å². The fraction of sp³-hybridized carbons (Fsp3) is 0.800. The molecule has 1 rings (SSSR count). The minimum atomic E-state index is -0.393. The Morgan fingerprint density at radius 3 is 2.57 bits per heavy atom. The molecule has 0 aromatic rings. The number of aliphatic hydroxyl groups is 1. The van der Waals surface area contributed by atoms with E-state index in [-0.39, 0.29) is 0 Å². The summed E-state index contributed by atoms with van der Waals surface area (Å²) in [7, 11) is 0. The first-order valence-electron chi connectivity index (χ1n) is 9.09. The van der Waals surface area contributed by atoms with E-state index in [0.717, 1.165) is 31.1 Å². The molecule has 3 atom stereocenters. The van der Waals surface area contributed by atoms with Gasteiger partial charge >= 0.3 is 0 Å². The Labute approximate surface area is 132 Å². The summed E-state index contributed by atoms with van der Waals surface area (Å²) < 4.78 is 0.